The first kappa shape index (κ1) is 14.7. The van der Waals surface area contributed by atoms with Crippen LogP contribution < -0.4 is 5.32 Å². The van der Waals surface area contributed by atoms with Crippen LogP contribution in [0.15, 0.2) is 18.2 Å². The van der Waals surface area contributed by atoms with Crippen LogP contribution in [0, 0.1) is 12.7 Å². The molecule has 0 bridgehead atoms. The van der Waals surface area contributed by atoms with Crippen LogP contribution in [-0.2, 0) is 6.54 Å². The summed E-state index contributed by atoms with van der Waals surface area (Å²) in [5, 5.41) is 3.09. The average Bonchev–Trinajstić information content (AvgIpc) is 2.39. The summed E-state index contributed by atoms with van der Waals surface area (Å²) in [5.41, 5.74) is 0.936. The molecule has 0 aliphatic rings. The first-order valence-corrected chi connectivity index (χ1v) is 6.44. The van der Waals surface area contributed by atoms with E-state index in [1.54, 1.807) is 13.0 Å². The molecule has 0 radical (unpaired) electrons. The molecule has 2 rings (SSSR count). The normalized spacial score (nSPS) is 10.4. The highest BCUT2D eigenvalue weighted by atomic mass is 35.5. The van der Waals surface area contributed by atoms with Crippen LogP contribution in [0.5, 0.6) is 0 Å². The van der Waals surface area contributed by atoms with Gasteiger partial charge in [0.2, 0.25) is 0 Å². The zero-order valence-corrected chi connectivity index (χ0v) is 12.0. The molecule has 20 heavy (non-hydrogen) atoms. The van der Waals surface area contributed by atoms with Gasteiger partial charge in [-0.25, -0.2) is 14.4 Å². The highest BCUT2D eigenvalue weighted by Gasteiger charge is 2.11. The number of anilines is 1. The van der Waals surface area contributed by atoms with E-state index >= 15 is 0 Å². The summed E-state index contributed by atoms with van der Waals surface area (Å²) in [6.45, 7) is 1.99. The fraction of sp³-hybridized carbons (Fsp3) is 0.154. The molecule has 0 fully saturated rings. The Kier molecular flexibility index (Phi) is 4.52. The van der Waals surface area contributed by atoms with Gasteiger partial charge >= 0.3 is 0 Å². The smallest absolute Gasteiger partial charge is 0.156 e. The molecular weight excluding hydrogens is 304 g/mol. The van der Waals surface area contributed by atoms with Crippen molar-refractivity contribution in [3.63, 3.8) is 0 Å². The molecular formula is C13H10Cl2FN3O. The summed E-state index contributed by atoms with van der Waals surface area (Å²) in [5.74, 6) is 0.295. The molecule has 0 aliphatic carbocycles. The summed E-state index contributed by atoms with van der Waals surface area (Å²) in [6, 6.07) is 4.36. The molecule has 0 saturated heterocycles. The predicted octanol–water partition coefficient (Wildman–Crippen LogP) is 3.66. The Morgan fingerprint density at radius 2 is 2.10 bits per heavy atom. The van der Waals surface area contributed by atoms with Crippen LogP contribution in [0.1, 0.15) is 21.7 Å². The zero-order chi connectivity index (χ0) is 14.7. The van der Waals surface area contributed by atoms with Gasteiger partial charge in [0, 0.05) is 6.54 Å². The minimum absolute atomic E-state index is 0.0387. The minimum Gasteiger partial charge on any atom is -0.365 e. The number of benzene rings is 1. The van der Waals surface area contributed by atoms with E-state index in [2.05, 4.69) is 15.3 Å². The molecule has 104 valence electrons. The molecule has 1 heterocycles. The third-order valence-corrected chi connectivity index (χ3v) is 3.15. The van der Waals surface area contributed by atoms with Gasteiger partial charge < -0.3 is 5.32 Å². The van der Waals surface area contributed by atoms with Crippen molar-refractivity contribution < 1.29 is 9.18 Å². The number of aryl methyl sites for hydroxylation is 1. The van der Waals surface area contributed by atoms with Crippen molar-refractivity contribution in [1.29, 1.82) is 0 Å². The van der Waals surface area contributed by atoms with Gasteiger partial charge in [-0.2, -0.15) is 0 Å². The Hall–Kier alpha value is -1.72. The van der Waals surface area contributed by atoms with E-state index < -0.39 is 5.82 Å². The molecule has 2 aromatic rings. The molecule has 1 N–H and O–H groups in total. The minimum atomic E-state index is -0.482. The van der Waals surface area contributed by atoms with E-state index in [0.717, 1.165) is 5.56 Å². The van der Waals surface area contributed by atoms with Crippen molar-refractivity contribution in [3.8, 4) is 0 Å². The van der Waals surface area contributed by atoms with Crippen molar-refractivity contribution in [2.45, 2.75) is 13.5 Å². The van der Waals surface area contributed by atoms with Crippen LogP contribution in [0.4, 0.5) is 10.2 Å². The lowest BCUT2D eigenvalue weighted by atomic mass is 10.2. The van der Waals surface area contributed by atoms with Gasteiger partial charge in [-0.05, 0) is 24.6 Å². The van der Waals surface area contributed by atoms with Gasteiger partial charge in [-0.1, -0.05) is 29.3 Å². The SMILES string of the molecule is Cc1nc(Cl)c(C=O)c(NCc2ccc(F)c(Cl)c2)n1. The Morgan fingerprint density at radius 1 is 1.35 bits per heavy atom. The van der Waals surface area contributed by atoms with Gasteiger partial charge in [0.1, 0.15) is 22.6 Å². The number of carbonyl (C=O) groups excluding carboxylic acids is 1. The van der Waals surface area contributed by atoms with Crippen molar-refractivity contribution >= 4 is 35.3 Å². The van der Waals surface area contributed by atoms with Crippen LogP contribution >= 0.6 is 23.2 Å². The molecule has 1 aromatic heterocycles. The van der Waals surface area contributed by atoms with Gasteiger partial charge in [-0.15, -0.1) is 0 Å². The number of halogens is 3. The maximum atomic E-state index is 13.0. The fourth-order valence-electron chi connectivity index (χ4n) is 1.62. The van der Waals surface area contributed by atoms with Crippen molar-refractivity contribution in [2.24, 2.45) is 0 Å². The lowest BCUT2D eigenvalue weighted by Gasteiger charge is -2.10. The van der Waals surface area contributed by atoms with Gasteiger partial charge in [0.05, 0.1) is 10.6 Å². The second-order valence-electron chi connectivity index (χ2n) is 4.04. The van der Waals surface area contributed by atoms with Crippen molar-refractivity contribution in [1.82, 2.24) is 9.97 Å². The molecule has 7 heteroatoms. The second-order valence-corrected chi connectivity index (χ2v) is 4.81. The van der Waals surface area contributed by atoms with E-state index in [-0.39, 0.29) is 15.7 Å². The lowest BCUT2D eigenvalue weighted by Crippen LogP contribution is -2.07. The molecule has 1 aromatic carbocycles. The van der Waals surface area contributed by atoms with Gasteiger partial charge in [0.15, 0.2) is 6.29 Å². The standard InChI is InChI=1S/C13H10Cl2FN3O/c1-7-18-12(15)9(6-20)13(19-7)17-5-8-2-3-11(16)10(14)4-8/h2-4,6H,5H2,1H3,(H,17,18,19). The summed E-state index contributed by atoms with van der Waals surface area (Å²) < 4.78 is 13.0. The van der Waals surface area contributed by atoms with E-state index in [0.29, 0.717) is 24.5 Å². The van der Waals surface area contributed by atoms with Crippen molar-refractivity contribution in [3.05, 3.63) is 51.1 Å². The number of aldehydes is 1. The number of hydrogen-bond donors (Lipinski definition) is 1. The van der Waals surface area contributed by atoms with Crippen molar-refractivity contribution in [2.75, 3.05) is 5.32 Å². The number of nitrogens with one attached hydrogen (secondary N) is 1. The van der Waals surface area contributed by atoms with E-state index in [1.165, 1.54) is 12.1 Å². The Morgan fingerprint density at radius 3 is 2.75 bits per heavy atom. The fourth-order valence-corrected chi connectivity index (χ4v) is 2.08. The van der Waals surface area contributed by atoms with E-state index in [4.69, 9.17) is 23.2 Å². The van der Waals surface area contributed by atoms with E-state index in [1.807, 2.05) is 0 Å². The second kappa shape index (κ2) is 6.15. The quantitative estimate of drug-likeness (QED) is 0.691. The first-order chi connectivity index (χ1) is 9.51. The number of rotatable bonds is 4. The number of carbonyl (C=O) groups is 1. The number of hydrogen-bond acceptors (Lipinski definition) is 4. The van der Waals surface area contributed by atoms with Gasteiger partial charge in [-0.3, -0.25) is 4.79 Å². The monoisotopic (exact) mass is 313 g/mol. The molecule has 0 aliphatic heterocycles. The topological polar surface area (TPSA) is 54.9 Å². The van der Waals surface area contributed by atoms with Crippen LogP contribution in [0.25, 0.3) is 0 Å². The highest BCUT2D eigenvalue weighted by Crippen LogP contribution is 2.21. The first-order valence-electron chi connectivity index (χ1n) is 5.68. The molecule has 0 saturated carbocycles. The molecule has 0 spiro atoms. The molecule has 0 atom stereocenters. The van der Waals surface area contributed by atoms with Crippen LogP contribution in [-0.4, -0.2) is 16.3 Å². The summed E-state index contributed by atoms with van der Waals surface area (Å²) in [4.78, 5) is 19.0. The number of nitrogens with zero attached hydrogens (tertiary/aromatic N) is 2. The molecule has 0 amide bonds. The molecule has 4 nitrogen and oxygen atoms in total. The Balaban J connectivity index is 2.22. The largest absolute Gasteiger partial charge is 0.365 e. The van der Waals surface area contributed by atoms with Gasteiger partial charge in [0.25, 0.3) is 0 Å². The zero-order valence-electron chi connectivity index (χ0n) is 10.5. The third-order valence-electron chi connectivity index (χ3n) is 2.57. The van der Waals surface area contributed by atoms with E-state index in [9.17, 15) is 9.18 Å². The summed E-state index contributed by atoms with van der Waals surface area (Å²) in [7, 11) is 0. The van der Waals surface area contributed by atoms with Crippen LogP contribution in [0.2, 0.25) is 10.2 Å². The predicted molar refractivity (Wildman–Crippen MR) is 75.9 cm³/mol. The maximum Gasteiger partial charge on any atom is 0.156 e. The number of aromatic nitrogens is 2. The maximum absolute atomic E-state index is 13.0. The summed E-state index contributed by atoms with van der Waals surface area (Å²) >= 11 is 11.6. The highest BCUT2D eigenvalue weighted by molar-refractivity contribution is 6.32. The third kappa shape index (κ3) is 3.23. The molecule has 0 unspecified atom stereocenters. The average molecular weight is 314 g/mol. The summed E-state index contributed by atoms with van der Waals surface area (Å²) in [6.07, 6.45) is 0.585. The Bertz CT molecular complexity index is 664. The Labute approximate surface area is 125 Å². The van der Waals surface area contributed by atoms with Crippen LogP contribution in [0.3, 0.4) is 0 Å². The lowest BCUT2D eigenvalue weighted by molar-refractivity contribution is 0.112.